The van der Waals surface area contributed by atoms with E-state index in [1.54, 1.807) is 6.20 Å². The molecule has 2 aromatic rings. The number of primary amides is 1. The number of nitrogens with two attached hydrogens (primary N) is 1. The first-order chi connectivity index (χ1) is 10.5. The molecule has 0 aliphatic rings. The Hall–Kier alpha value is -2.83. The summed E-state index contributed by atoms with van der Waals surface area (Å²) in [6.07, 6.45) is 1.67. The molecule has 22 heavy (non-hydrogen) atoms. The Balaban J connectivity index is 2.01. The van der Waals surface area contributed by atoms with Crippen molar-refractivity contribution in [1.82, 2.24) is 10.3 Å². The number of hydrogen-bond donors (Lipinski definition) is 4. The monoisotopic (exact) mass is 303 g/mol. The first-order valence-electron chi connectivity index (χ1n) is 6.83. The standard InChI is InChI=1S/C15H17N3O4/c16-13(19)6-5-12(15(21)22)18-14(20)7-9-8-17-11-4-2-1-3-10(9)11/h1-4,8,12,17H,5-7H2,(H2,16,19)(H,18,20)(H,21,22). The lowest BCUT2D eigenvalue weighted by atomic mass is 10.1. The molecule has 116 valence electrons. The number of rotatable bonds is 7. The maximum Gasteiger partial charge on any atom is 0.326 e. The van der Waals surface area contributed by atoms with Crippen LogP contribution in [0.2, 0.25) is 0 Å². The Morgan fingerprint density at radius 1 is 1.27 bits per heavy atom. The van der Waals surface area contributed by atoms with Gasteiger partial charge in [0.2, 0.25) is 11.8 Å². The summed E-state index contributed by atoms with van der Waals surface area (Å²) >= 11 is 0. The van der Waals surface area contributed by atoms with Crippen molar-refractivity contribution in [2.75, 3.05) is 0 Å². The second kappa shape index (κ2) is 6.75. The second-order valence-corrected chi connectivity index (χ2v) is 5.00. The van der Waals surface area contributed by atoms with Crippen LogP contribution in [0, 0.1) is 0 Å². The normalized spacial score (nSPS) is 12.0. The average Bonchev–Trinajstić information content (AvgIpc) is 2.86. The molecule has 0 bridgehead atoms. The molecule has 0 saturated carbocycles. The second-order valence-electron chi connectivity index (χ2n) is 5.00. The van der Waals surface area contributed by atoms with Gasteiger partial charge in [-0.3, -0.25) is 9.59 Å². The lowest BCUT2D eigenvalue weighted by Gasteiger charge is -2.13. The Kier molecular flexibility index (Phi) is 4.77. The highest BCUT2D eigenvalue weighted by Gasteiger charge is 2.21. The molecule has 0 spiro atoms. The third-order valence-electron chi connectivity index (χ3n) is 3.34. The van der Waals surface area contributed by atoms with Gasteiger partial charge in [0.05, 0.1) is 6.42 Å². The first-order valence-corrected chi connectivity index (χ1v) is 6.83. The van der Waals surface area contributed by atoms with E-state index in [9.17, 15) is 14.4 Å². The van der Waals surface area contributed by atoms with E-state index in [2.05, 4.69) is 10.3 Å². The van der Waals surface area contributed by atoms with Gasteiger partial charge in [0.25, 0.3) is 0 Å². The molecular formula is C15H17N3O4. The number of aromatic nitrogens is 1. The van der Waals surface area contributed by atoms with Crippen LogP contribution in [-0.4, -0.2) is 33.9 Å². The van der Waals surface area contributed by atoms with Gasteiger partial charge in [0.1, 0.15) is 6.04 Å². The number of benzene rings is 1. The molecule has 7 nitrogen and oxygen atoms in total. The number of amides is 2. The lowest BCUT2D eigenvalue weighted by Crippen LogP contribution is -2.42. The number of aliphatic carboxylic acids is 1. The van der Waals surface area contributed by atoms with E-state index in [-0.39, 0.29) is 19.3 Å². The van der Waals surface area contributed by atoms with E-state index in [0.717, 1.165) is 16.5 Å². The lowest BCUT2D eigenvalue weighted by molar-refractivity contribution is -0.142. The van der Waals surface area contributed by atoms with Crippen LogP contribution in [-0.2, 0) is 20.8 Å². The van der Waals surface area contributed by atoms with Crippen LogP contribution in [0.25, 0.3) is 10.9 Å². The smallest absolute Gasteiger partial charge is 0.326 e. The van der Waals surface area contributed by atoms with Crippen molar-refractivity contribution in [2.45, 2.75) is 25.3 Å². The van der Waals surface area contributed by atoms with Crippen molar-refractivity contribution in [1.29, 1.82) is 0 Å². The Labute approximate surface area is 126 Å². The van der Waals surface area contributed by atoms with E-state index in [0.29, 0.717) is 0 Å². The highest BCUT2D eigenvalue weighted by Crippen LogP contribution is 2.18. The van der Waals surface area contributed by atoms with Gasteiger partial charge in [-0.1, -0.05) is 18.2 Å². The van der Waals surface area contributed by atoms with Crippen molar-refractivity contribution in [3.05, 3.63) is 36.0 Å². The van der Waals surface area contributed by atoms with Gasteiger partial charge in [-0.05, 0) is 18.1 Å². The van der Waals surface area contributed by atoms with E-state index in [1.165, 1.54) is 0 Å². The number of aromatic amines is 1. The minimum absolute atomic E-state index is 0.0235. The third-order valence-corrected chi connectivity index (χ3v) is 3.34. The fraction of sp³-hybridized carbons (Fsp3) is 0.267. The van der Waals surface area contributed by atoms with E-state index in [4.69, 9.17) is 10.8 Å². The van der Waals surface area contributed by atoms with Gasteiger partial charge in [-0.25, -0.2) is 4.79 Å². The minimum Gasteiger partial charge on any atom is -0.480 e. The van der Waals surface area contributed by atoms with Gasteiger partial charge in [0, 0.05) is 23.5 Å². The summed E-state index contributed by atoms with van der Waals surface area (Å²) in [5.41, 5.74) is 6.69. The van der Waals surface area contributed by atoms with E-state index < -0.39 is 23.8 Å². The number of carboxylic acids is 1. The Morgan fingerprint density at radius 3 is 2.68 bits per heavy atom. The van der Waals surface area contributed by atoms with Crippen LogP contribution in [0.15, 0.2) is 30.5 Å². The largest absolute Gasteiger partial charge is 0.480 e. The fourth-order valence-corrected chi connectivity index (χ4v) is 2.24. The maximum atomic E-state index is 12.0. The number of carboxylic acid groups (broad SMARTS) is 1. The fourth-order valence-electron chi connectivity index (χ4n) is 2.24. The number of carbonyl (C=O) groups is 3. The van der Waals surface area contributed by atoms with Crippen LogP contribution in [0.4, 0.5) is 0 Å². The van der Waals surface area contributed by atoms with Gasteiger partial charge in [-0.2, -0.15) is 0 Å². The van der Waals surface area contributed by atoms with Crippen LogP contribution in [0.3, 0.4) is 0 Å². The molecule has 1 unspecified atom stereocenters. The molecule has 0 aliphatic heterocycles. The molecule has 0 fully saturated rings. The zero-order valence-electron chi connectivity index (χ0n) is 11.8. The third kappa shape index (κ3) is 3.85. The summed E-state index contributed by atoms with van der Waals surface area (Å²) in [6.45, 7) is 0. The molecule has 1 atom stereocenters. The molecule has 0 aliphatic carbocycles. The molecule has 1 heterocycles. The number of carbonyl (C=O) groups excluding carboxylic acids is 2. The summed E-state index contributed by atoms with van der Waals surface area (Å²) in [5.74, 6) is -2.20. The zero-order valence-corrected chi connectivity index (χ0v) is 11.8. The van der Waals surface area contributed by atoms with Gasteiger partial charge in [-0.15, -0.1) is 0 Å². The summed E-state index contributed by atoms with van der Waals surface area (Å²) in [7, 11) is 0. The highest BCUT2D eigenvalue weighted by molar-refractivity contribution is 5.90. The molecule has 7 heteroatoms. The SMILES string of the molecule is NC(=O)CCC(NC(=O)Cc1c[nH]c2ccccc12)C(=O)O. The van der Waals surface area contributed by atoms with E-state index in [1.807, 2.05) is 24.3 Å². The van der Waals surface area contributed by atoms with Gasteiger partial charge < -0.3 is 21.1 Å². The van der Waals surface area contributed by atoms with Crippen LogP contribution < -0.4 is 11.1 Å². The molecule has 1 aromatic carbocycles. The Morgan fingerprint density at radius 2 is 2.00 bits per heavy atom. The number of para-hydroxylation sites is 1. The topological polar surface area (TPSA) is 125 Å². The molecule has 0 saturated heterocycles. The van der Waals surface area contributed by atoms with Crippen molar-refractivity contribution < 1.29 is 19.5 Å². The molecule has 2 amide bonds. The molecule has 0 radical (unpaired) electrons. The highest BCUT2D eigenvalue weighted by atomic mass is 16.4. The molecular weight excluding hydrogens is 286 g/mol. The number of H-pyrrole nitrogens is 1. The van der Waals surface area contributed by atoms with Crippen LogP contribution in [0.5, 0.6) is 0 Å². The summed E-state index contributed by atoms with van der Waals surface area (Å²) in [6, 6.07) is 6.40. The predicted octanol–water partition coefficient (Wildman–Crippen LogP) is 0.545. The van der Waals surface area contributed by atoms with Crippen molar-refractivity contribution >= 4 is 28.7 Å². The van der Waals surface area contributed by atoms with Gasteiger partial charge in [0.15, 0.2) is 0 Å². The number of fused-ring (bicyclic) bond motifs is 1. The Bertz CT molecular complexity index is 708. The van der Waals surface area contributed by atoms with Crippen molar-refractivity contribution in [3.8, 4) is 0 Å². The predicted molar refractivity (Wildman–Crippen MR) is 80.0 cm³/mol. The van der Waals surface area contributed by atoms with Crippen molar-refractivity contribution in [2.24, 2.45) is 5.73 Å². The van der Waals surface area contributed by atoms with Crippen LogP contribution >= 0.6 is 0 Å². The average molecular weight is 303 g/mol. The maximum absolute atomic E-state index is 12.0. The van der Waals surface area contributed by atoms with E-state index >= 15 is 0 Å². The quantitative estimate of drug-likeness (QED) is 0.595. The summed E-state index contributed by atoms with van der Waals surface area (Å²) in [5, 5.41) is 12.4. The minimum atomic E-state index is -1.19. The van der Waals surface area contributed by atoms with Gasteiger partial charge >= 0.3 is 5.97 Å². The molecule has 5 N–H and O–H groups in total. The number of nitrogens with one attached hydrogen (secondary N) is 2. The number of hydrogen-bond acceptors (Lipinski definition) is 3. The summed E-state index contributed by atoms with van der Waals surface area (Å²) < 4.78 is 0. The van der Waals surface area contributed by atoms with Crippen LogP contribution in [0.1, 0.15) is 18.4 Å². The van der Waals surface area contributed by atoms with Crippen molar-refractivity contribution in [3.63, 3.8) is 0 Å². The molecule has 1 aromatic heterocycles. The zero-order chi connectivity index (χ0) is 16.1. The molecule has 2 rings (SSSR count). The first kappa shape index (κ1) is 15.6. The summed E-state index contributed by atoms with van der Waals surface area (Å²) in [4.78, 5) is 36.9.